The summed E-state index contributed by atoms with van der Waals surface area (Å²) in [6.45, 7) is 4.73. The van der Waals surface area contributed by atoms with E-state index in [4.69, 9.17) is 15.0 Å². The number of aromatic nitrogens is 2. The summed E-state index contributed by atoms with van der Waals surface area (Å²) in [5.74, 6) is 0.857. The van der Waals surface area contributed by atoms with Gasteiger partial charge in [0.15, 0.2) is 0 Å². The van der Waals surface area contributed by atoms with E-state index in [1.54, 1.807) is 30.7 Å². The Morgan fingerprint density at radius 3 is 2.54 bits per heavy atom. The van der Waals surface area contributed by atoms with Crippen molar-refractivity contribution in [3.63, 3.8) is 0 Å². The van der Waals surface area contributed by atoms with Crippen LogP contribution in [0.1, 0.15) is 11.4 Å². The van der Waals surface area contributed by atoms with E-state index in [1.165, 1.54) is 0 Å². The zero-order chi connectivity index (χ0) is 19.3. The third-order valence-electron chi connectivity index (χ3n) is 4.87. The fraction of sp³-hybridized carbons (Fsp3) is 0.286. The molecular weight excluding hydrogens is 370 g/mol. The average molecular weight is 392 g/mol. The van der Waals surface area contributed by atoms with Crippen molar-refractivity contribution in [1.29, 1.82) is 5.26 Å². The van der Waals surface area contributed by atoms with Gasteiger partial charge in [-0.05, 0) is 36.4 Å². The summed E-state index contributed by atoms with van der Waals surface area (Å²) in [5, 5.41) is 12.1. The van der Waals surface area contributed by atoms with Crippen LogP contribution in [0.4, 0.5) is 5.69 Å². The highest BCUT2D eigenvalue weighted by molar-refractivity contribution is 7.13. The normalized spacial score (nSPS) is 14.6. The maximum absolute atomic E-state index is 8.87. The quantitative estimate of drug-likeness (QED) is 0.664. The van der Waals surface area contributed by atoms with Gasteiger partial charge in [0.05, 0.1) is 24.7 Å². The Kier molecular flexibility index (Phi) is 5.51. The van der Waals surface area contributed by atoms with E-state index >= 15 is 0 Å². The number of methoxy groups -OCH3 is 1. The van der Waals surface area contributed by atoms with Crippen molar-refractivity contribution < 1.29 is 4.74 Å². The van der Waals surface area contributed by atoms with Crippen LogP contribution in [0.25, 0.3) is 10.6 Å². The van der Waals surface area contributed by atoms with Crippen molar-refractivity contribution in [2.24, 2.45) is 0 Å². The molecule has 1 saturated heterocycles. The summed E-state index contributed by atoms with van der Waals surface area (Å²) in [7, 11) is 1.67. The molecular formula is C21H21N5OS. The van der Waals surface area contributed by atoms with Gasteiger partial charge in [0.2, 0.25) is 0 Å². The number of thiazole rings is 1. The summed E-state index contributed by atoms with van der Waals surface area (Å²) in [6.07, 6.45) is 1.79. The zero-order valence-corrected chi connectivity index (χ0v) is 16.5. The molecule has 6 nitrogen and oxygen atoms in total. The molecule has 3 aromatic rings. The monoisotopic (exact) mass is 391 g/mol. The minimum Gasteiger partial charge on any atom is -0.497 e. The first-order valence-corrected chi connectivity index (χ1v) is 10.1. The molecule has 4 rings (SSSR count). The highest BCUT2D eigenvalue weighted by Gasteiger charge is 2.18. The topological polar surface area (TPSA) is 65.3 Å². The lowest BCUT2D eigenvalue weighted by molar-refractivity contribution is 0.247. The lowest BCUT2D eigenvalue weighted by atomic mass is 10.2. The molecule has 7 heteroatoms. The summed E-state index contributed by atoms with van der Waals surface area (Å²) in [4.78, 5) is 13.7. The summed E-state index contributed by atoms with van der Waals surface area (Å²) >= 11 is 1.68. The fourth-order valence-corrected chi connectivity index (χ4v) is 4.10. The van der Waals surface area contributed by atoms with Gasteiger partial charge >= 0.3 is 0 Å². The maximum Gasteiger partial charge on any atom is 0.140 e. The Morgan fingerprint density at radius 2 is 1.89 bits per heavy atom. The van der Waals surface area contributed by atoms with Gasteiger partial charge in [-0.1, -0.05) is 0 Å². The molecule has 0 radical (unpaired) electrons. The molecule has 0 atom stereocenters. The Hall–Kier alpha value is -2.95. The first-order chi connectivity index (χ1) is 13.7. The van der Waals surface area contributed by atoms with Crippen LogP contribution in [-0.4, -0.2) is 48.2 Å². The molecule has 0 saturated carbocycles. The molecule has 3 heterocycles. The Labute approximate surface area is 168 Å². The third kappa shape index (κ3) is 4.14. The highest BCUT2D eigenvalue weighted by atomic mass is 32.1. The van der Waals surface area contributed by atoms with Crippen molar-refractivity contribution in [3.05, 3.63) is 59.4 Å². The van der Waals surface area contributed by atoms with E-state index in [0.29, 0.717) is 5.69 Å². The molecule has 0 spiro atoms. The van der Waals surface area contributed by atoms with Gasteiger partial charge in [0.25, 0.3) is 0 Å². The van der Waals surface area contributed by atoms with Gasteiger partial charge < -0.3 is 9.64 Å². The minimum absolute atomic E-state index is 0.457. The van der Waals surface area contributed by atoms with E-state index in [9.17, 15) is 0 Å². The standard InChI is InChI=1S/C21H21N5OS/c1-27-20-6-2-16(3-7-20)21-24-18(15-28-21)14-25-8-10-26(11-9-25)19-5-4-17(12-22)23-13-19/h2-7,13,15H,8-11,14H2,1H3. The molecule has 0 N–H and O–H groups in total. The number of nitrogens with zero attached hydrogens (tertiary/aromatic N) is 5. The van der Waals surface area contributed by atoms with E-state index < -0.39 is 0 Å². The fourth-order valence-electron chi connectivity index (χ4n) is 3.28. The molecule has 142 valence electrons. The third-order valence-corrected chi connectivity index (χ3v) is 5.81. The number of ether oxygens (including phenoxy) is 1. The lowest BCUT2D eigenvalue weighted by Crippen LogP contribution is -2.46. The van der Waals surface area contributed by atoms with Crippen molar-refractivity contribution in [2.75, 3.05) is 38.2 Å². The molecule has 1 fully saturated rings. The van der Waals surface area contributed by atoms with Gasteiger partial charge in [-0.2, -0.15) is 5.26 Å². The van der Waals surface area contributed by atoms with Crippen LogP contribution in [0, 0.1) is 11.3 Å². The largest absolute Gasteiger partial charge is 0.497 e. The number of nitriles is 1. The van der Waals surface area contributed by atoms with E-state index in [0.717, 1.165) is 60.4 Å². The van der Waals surface area contributed by atoms with Gasteiger partial charge in [-0.3, -0.25) is 4.90 Å². The van der Waals surface area contributed by atoms with E-state index in [-0.39, 0.29) is 0 Å². The van der Waals surface area contributed by atoms with Gasteiger partial charge in [0, 0.05) is 43.7 Å². The number of hydrogen-bond acceptors (Lipinski definition) is 7. The predicted molar refractivity (Wildman–Crippen MR) is 111 cm³/mol. The molecule has 0 bridgehead atoms. The molecule has 0 unspecified atom stereocenters. The number of benzene rings is 1. The zero-order valence-electron chi connectivity index (χ0n) is 15.7. The van der Waals surface area contributed by atoms with E-state index in [1.807, 2.05) is 30.3 Å². The molecule has 2 aromatic heterocycles. The first-order valence-electron chi connectivity index (χ1n) is 9.17. The second-order valence-electron chi connectivity index (χ2n) is 6.65. The van der Waals surface area contributed by atoms with Crippen molar-refractivity contribution >= 4 is 17.0 Å². The first kappa shape index (κ1) is 18.4. The van der Waals surface area contributed by atoms with Gasteiger partial charge in [-0.25, -0.2) is 9.97 Å². The van der Waals surface area contributed by atoms with Crippen molar-refractivity contribution in [3.8, 4) is 22.4 Å². The molecule has 0 amide bonds. The SMILES string of the molecule is COc1ccc(-c2nc(CN3CCN(c4ccc(C#N)nc4)CC3)cs2)cc1. The van der Waals surface area contributed by atoms with Crippen LogP contribution < -0.4 is 9.64 Å². The summed E-state index contributed by atoms with van der Waals surface area (Å²) in [5.41, 5.74) is 3.77. The van der Waals surface area contributed by atoms with Crippen LogP contribution in [0.5, 0.6) is 5.75 Å². The van der Waals surface area contributed by atoms with Crippen molar-refractivity contribution in [2.45, 2.75) is 6.54 Å². The Balaban J connectivity index is 1.33. The highest BCUT2D eigenvalue weighted by Crippen LogP contribution is 2.26. The summed E-state index contributed by atoms with van der Waals surface area (Å²) < 4.78 is 5.22. The Morgan fingerprint density at radius 1 is 1.11 bits per heavy atom. The second kappa shape index (κ2) is 8.38. The number of pyridine rings is 1. The van der Waals surface area contributed by atoms with Gasteiger partial charge in [0.1, 0.15) is 22.5 Å². The smallest absolute Gasteiger partial charge is 0.140 e. The maximum atomic E-state index is 8.87. The minimum atomic E-state index is 0.457. The number of anilines is 1. The molecule has 1 aliphatic heterocycles. The Bertz CT molecular complexity index is 954. The van der Waals surface area contributed by atoms with Crippen LogP contribution in [0.3, 0.4) is 0 Å². The van der Waals surface area contributed by atoms with Crippen LogP contribution >= 0.6 is 11.3 Å². The van der Waals surface area contributed by atoms with E-state index in [2.05, 4.69) is 26.2 Å². The second-order valence-corrected chi connectivity index (χ2v) is 7.51. The molecule has 1 aliphatic rings. The number of hydrogen-bond donors (Lipinski definition) is 0. The van der Waals surface area contributed by atoms with Crippen LogP contribution in [0.2, 0.25) is 0 Å². The van der Waals surface area contributed by atoms with Gasteiger partial charge in [-0.15, -0.1) is 11.3 Å². The molecule has 0 aliphatic carbocycles. The molecule has 28 heavy (non-hydrogen) atoms. The number of piperazine rings is 1. The summed E-state index contributed by atoms with van der Waals surface area (Å²) in [6, 6.07) is 13.8. The predicted octanol–water partition coefficient (Wildman–Crippen LogP) is 3.41. The average Bonchev–Trinajstić information content (AvgIpc) is 3.23. The molecule has 1 aromatic carbocycles. The van der Waals surface area contributed by atoms with Crippen LogP contribution in [0.15, 0.2) is 48.0 Å². The number of rotatable bonds is 5. The van der Waals surface area contributed by atoms with Crippen molar-refractivity contribution in [1.82, 2.24) is 14.9 Å². The van der Waals surface area contributed by atoms with Crippen LogP contribution in [-0.2, 0) is 6.54 Å². The lowest BCUT2D eigenvalue weighted by Gasteiger charge is -2.35.